The maximum absolute atomic E-state index is 13.9. The molecule has 2 heterocycles. The minimum atomic E-state index is -0.529. The number of hydrogen-bond acceptors (Lipinski definition) is 3. The summed E-state index contributed by atoms with van der Waals surface area (Å²) in [6.07, 6.45) is 3.28. The van der Waals surface area contributed by atoms with Crippen LogP contribution in [0.5, 0.6) is 0 Å². The summed E-state index contributed by atoms with van der Waals surface area (Å²) in [4.78, 5) is 32.7. The lowest BCUT2D eigenvalue weighted by Crippen LogP contribution is -2.38. The molecule has 6 nitrogen and oxygen atoms in total. The number of aromatic amines is 1. The van der Waals surface area contributed by atoms with E-state index in [4.69, 9.17) is 5.73 Å². The van der Waals surface area contributed by atoms with Crippen molar-refractivity contribution in [2.75, 3.05) is 13.1 Å². The molecule has 0 aliphatic carbocycles. The Labute approximate surface area is 151 Å². The number of benzene rings is 1. The topological polar surface area (TPSA) is 92.1 Å². The summed E-state index contributed by atoms with van der Waals surface area (Å²) in [6.45, 7) is 3.12. The number of likely N-dealkylation sites (tertiary alicyclic amines) is 1. The van der Waals surface area contributed by atoms with Gasteiger partial charge < -0.3 is 15.6 Å². The van der Waals surface area contributed by atoms with Crippen LogP contribution in [0, 0.1) is 5.82 Å². The Morgan fingerprint density at radius 3 is 2.65 bits per heavy atom. The van der Waals surface area contributed by atoms with E-state index >= 15 is 0 Å². The van der Waals surface area contributed by atoms with Crippen molar-refractivity contribution in [3.63, 3.8) is 0 Å². The molecule has 7 heteroatoms. The monoisotopic (exact) mass is 358 g/mol. The minimum absolute atomic E-state index is 0.0384. The average Bonchev–Trinajstić information content (AvgIpc) is 3.12. The van der Waals surface area contributed by atoms with Crippen LogP contribution in [0.2, 0.25) is 0 Å². The van der Waals surface area contributed by atoms with Gasteiger partial charge in [-0.15, -0.1) is 0 Å². The molecule has 1 aliphatic rings. The van der Waals surface area contributed by atoms with Crippen molar-refractivity contribution in [3.8, 4) is 0 Å². The Morgan fingerprint density at radius 1 is 1.35 bits per heavy atom. The van der Waals surface area contributed by atoms with Gasteiger partial charge in [-0.1, -0.05) is 25.1 Å². The van der Waals surface area contributed by atoms with Crippen LogP contribution in [0.15, 0.2) is 30.5 Å². The fraction of sp³-hybridized carbons (Fsp3) is 0.421. The van der Waals surface area contributed by atoms with Gasteiger partial charge in [0, 0.05) is 25.4 Å². The second kappa shape index (κ2) is 7.68. The largest absolute Gasteiger partial charge is 0.364 e. The quantitative estimate of drug-likeness (QED) is 0.860. The van der Waals surface area contributed by atoms with E-state index in [0.29, 0.717) is 24.3 Å². The standard InChI is InChI=1S/C19H23FN4O2/c1-12(14-4-2-3-5-15(14)20)10-17(25)24-8-6-13(7-9-24)19-22-11-16(23-19)18(21)26/h2-5,11-13H,6-10H2,1H3,(H2,21,26)(H,22,23). The van der Waals surface area contributed by atoms with Crippen molar-refractivity contribution in [2.24, 2.45) is 5.73 Å². The van der Waals surface area contributed by atoms with Gasteiger partial charge in [0.25, 0.3) is 5.91 Å². The average molecular weight is 358 g/mol. The number of nitrogens with two attached hydrogens (primary N) is 1. The van der Waals surface area contributed by atoms with Crippen LogP contribution in [0.4, 0.5) is 4.39 Å². The number of hydrogen-bond donors (Lipinski definition) is 2. The van der Waals surface area contributed by atoms with Crippen LogP contribution in [-0.4, -0.2) is 39.8 Å². The zero-order valence-electron chi connectivity index (χ0n) is 14.7. The van der Waals surface area contributed by atoms with Crippen molar-refractivity contribution < 1.29 is 14.0 Å². The fourth-order valence-corrected chi connectivity index (χ4v) is 3.45. The maximum Gasteiger partial charge on any atom is 0.266 e. The summed E-state index contributed by atoms with van der Waals surface area (Å²) in [7, 11) is 0. The van der Waals surface area contributed by atoms with Crippen LogP contribution >= 0.6 is 0 Å². The van der Waals surface area contributed by atoms with Gasteiger partial charge in [-0.3, -0.25) is 9.59 Å². The van der Waals surface area contributed by atoms with E-state index in [9.17, 15) is 14.0 Å². The van der Waals surface area contributed by atoms with E-state index in [2.05, 4.69) is 9.97 Å². The molecule has 3 N–H and O–H groups in total. The lowest BCUT2D eigenvalue weighted by Gasteiger charge is -2.32. The first-order valence-electron chi connectivity index (χ1n) is 8.82. The lowest BCUT2D eigenvalue weighted by atomic mass is 9.93. The summed E-state index contributed by atoms with van der Waals surface area (Å²) in [5, 5.41) is 0. The Morgan fingerprint density at radius 2 is 2.04 bits per heavy atom. The lowest BCUT2D eigenvalue weighted by molar-refractivity contribution is -0.132. The van der Waals surface area contributed by atoms with E-state index < -0.39 is 5.91 Å². The summed E-state index contributed by atoms with van der Waals surface area (Å²) < 4.78 is 13.9. The van der Waals surface area contributed by atoms with Crippen molar-refractivity contribution in [3.05, 3.63) is 53.4 Å². The van der Waals surface area contributed by atoms with Gasteiger partial charge in [0.1, 0.15) is 17.3 Å². The molecule has 1 aromatic carbocycles. The third-order valence-corrected chi connectivity index (χ3v) is 5.01. The number of amides is 2. The summed E-state index contributed by atoms with van der Waals surface area (Å²) in [5.74, 6) is -0.00376. The number of halogens is 1. The first-order chi connectivity index (χ1) is 12.5. The Kier molecular flexibility index (Phi) is 5.35. The van der Waals surface area contributed by atoms with E-state index in [1.807, 2.05) is 11.8 Å². The predicted molar refractivity (Wildman–Crippen MR) is 95.1 cm³/mol. The molecule has 26 heavy (non-hydrogen) atoms. The maximum atomic E-state index is 13.9. The molecule has 0 spiro atoms. The number of rotatable bonds is 5. The highest BCUT2D eigenvalue weighted by Crippen LogP contribution is 2.28. The summed E-state index contributed by atoms with van der Waals surface area (Å²) >= 11 is 0. The number of aromatic nitrogens is 2. The van der Waals surface area contributed by atoms with Crippen molar-refractivity contribution in [1.82, 2.24) is 14.9 Å². The highest BCUT2D eigenvalue weighted by molar-refractivity contribution is 5.90. The van der Waals surface area contributed by atoms with Crippen molar-refractivity contribution in [2.45, 2.75) is 38.0 Å². The molecule has 3 rings (SSSR count). The van der Waals surface area contributed by atoms with E-state index in [1.54, 1.807) is 18.2 Å². The SMILES string of the molecule is CC(CC(=O)N1CCC(c2ncc(C(N)=O)[nH]2)CC1)c1ccccc1F. The second-order valence-electron chi connectivity index (χ2n) is 6.83. The van der Waals surface area contributed by atoms with Crippen molar-refractivity contribution in [1.29, 1.82) is 0 Å². The van der Waals surface area contributed by atoms with Crippen LogP contribution < -0.4 is 5.73 Å². The molecular formula is C19H23FN4O2. The highest BCUT2D eigenvalue weighted by atomic mass is 19.1. The van der Waals surface area contributed by atoms with Crippen LogP contribution in [-0.2, 0) is 4.79 Å². The highest BCUT2D eigenvalue weighted by Gasteiger charge is 2.27. The number of primary amides is 1. The third kappa shape index (κ3) is 3.92. The fourth-order valence-electron chi connectivity index (χ4n) is 3.45. The predicted octanol–water partition coefficient (Wildman–Crippen LogP) is 2.55. The normalized spacial score (nSPS) is 16.5. The molecule has 1 unspecified atom stereocenters. The number of carbonyl (C=O) groups excluding carboxylic acids is 2. The first-order valence-corrected chi connectivity index (χ1v) is 8.82. The second-order valence-corrected chi connectivity index (χ2v) is 6.83. The Hall–Kier alpha value is -2.70. The number of H-pyrrole nitrogens is 1. The van der Waals surface area contributed by atoms with Crippen LogP contribution in [0.25, 0.3) is 0 Å². The third-order valence-electron chi connectivity index (χ3n) is 5.01. The van der Waals surface area contributed by atoms with Gasteiger partial charge in [0.05, 0.1) is 6.20 Å². The zero-order valence-corrected chi connectivity index (χ0v) is 14.7. The molecule has 1 atom stereocenters. The van der Waals surface area contributed by atoms with Gasteiger partial charge in [-0.2, -0.15) is 0 Å². The molecule has 2 amide bonds. The molecule has 1 aliphatic heterocycles. The number of nitrogens with zero attached hydrogens (tertiary/aromatic N) is 2. The first kappa shape index (κ1) is 18.1. The van der Waals surface area contributed by atoms with E-state index in [1.165, 1.54) is 12.3 Å². The Bertz CT molecular complexity index is 796. The van der Waals surface area contributed by atoms with Crippen LogP contribution in [0.1, 0.15) is 59.9 Å². The Balaban J connectivity index is 1.55. The molecule has 0 saturated carbocycles. The van der Waals surface area contributed by atoms with Gasteiger partial charge in [-0.05, 0) is 30.4 Å². The smallest absolute Gasteiger partial charge is 0.266 e. The molecule has 1 saturated heterocycles. The van der Waals surface area contributed by atoms with Crippen LogP contribution in [0.3, 0.4) is 0 Å². The number of imidazole rings is 1. The molecule has 0 radical (unpaired) electrons. The number of carbonyl (C=O) groups is 2. The molecule has 1 fully saturated rings. The molecule has 0 bridgehead atoms. The zero-order chi connectivity index (χ0) is 18.7. The number of nitrogens with one attached hydrogen (secondary N) is 1. The minimum Gasteiger partial charge on any atom is -0.364 e. The van der Waals surface area contributed by atoms with E-state index in [-0.39, 0.29) is 30.0 Å². The number of piperidine rings is 1. The van der Waals surface area contributed by atoms with Gasteiger partial charge in [0.15, 0.2) is 0 Å². The van der Waals surface area contributed by atoms with Gasteiger partial charge in [-0.25, -0.2) is 9.37 Å². The van der Waals surface area contributed by atoms with E-state index in [0.717, 1.165) is 18.7 Å². The summed E-state index contributed by atoms with van der Waals surface area (Å²) in [5.41, 5.74) is 6.11. The molecular weight excluding hydrogens is 335 g/mol. The molecule has 138 valence electrons. The molecule has 2 aromatic rings. The van der Waals surface area contributed by atoms with Gasteiger partial charge >= 0.3 is 0 Å². The van der Waals surface area contributed by atoms with Crippen molar-refractivity contribution >= 4 is 11.8 Å². The molecule has 1 aromatic heterocycles. The summed E-state index contributed by atoms with van der Waals surface area (Å²) in [6, 6.07) is 6.59. The van der Waals surface area contributed by atoms with Gasteiger partial charge in [0.2, 0.25) is 5.91 Å².